The number of fused-ring (bicyclic) bond motifs is 2. The molecule has 152 valence electrons. The minimum atomic E-state index is -0.461. The molecule has 3 fully saturated rings. The SMILES string of the molecule is CO[C@H]1CNC[C@@H]1Nc1c(C(=O)N2CC3CCC(C2)O3)cc(Br)cc1[N+](=O)[O-]. The predicted octanol–water partition coefficient (Wildman–Crippen LogP) is 1.76. The maximum atomic E-state index is 13.3. The zero-order chi connectivity index (χ0) is 19.8. The number of nitrogens with one attached hydrogen (secondary N) is 2. The monoisotopic (exact) mass is 454 g/mol. The summed E-state index contributed by atoms with van der Waals surface area (Å²) in [6.07, 6.45) is 1.87. The summed E-state index contributed by atoms with van der Waals surface area (Å²) in [5, 5.41) is 18.1. The van der Waals surface area contributed by atoms with Crippen molar-refractivity contribution < 1.29 is 19.2 Å². The number of nitro groups is 1. The Labute approximate surface area is 171 Å². The van der Waals surface area contributed by atoms with E-state index in [-0.39, 0.29) is 41.6 Å². The Morgan fingerprint density at radius 2 is 2.07 bits per heavy atom. The molecular weight excluding hydrogens is 432 g/mol. The second kappa shape index (κ2) is 7.94. The summed E-state index contributed by atoms with van der Waals surface area (Å²) in [6.45, 7) is 2.27. The molecule has 0 saturated carbocycles. The standard InChI is InChI=1S/C18H23BrN4O5/c1-27-16-7-20-6-14(16)21-17-13(4-10(19)5-15(17)23(25)26)18(24)22-8-11-2-3-12(9-22)28-11/h4-5,11-12,14,16,20-21H,2-3,6-9H2,1H3/t11?,12?,14-,16-/m0/s1. The van der Waals surface area contributed by atoms with E-state index in [0.717, 1.165) is 12.8 Å². The van der Waals surface area contributed by atoms with Gasteiger partial charge in [-0.15, -0.1) is 0 Å². The van der Waals surface area contributed by atoms with E-state index < -0.39 is 4.92 Å². The molecule has 0 spiro atoms. The van der Waals surface area contributed by atoms with Gasteiger partial charge in [-0.3, -0.25) is 14.9 Å². The Kier molecular flexibility index (Phi) is 5.55. The van der Waals surface area contributed by atoms with Gasteiger partial charge in [-0.1, -0.05) is 15.9 Å². The summed E-state index contributed by atoms with van der Waals surface area (Å²) >= 11 is 3.32. The number of hydrogen-bond donors (Lipinski definition) is 2. The molecule has 4 atom stereocenters. The fraction of sp³-hybridized carbons (Fsp3) is 0.611. The lowest BCUT2D eigenvalue weighted by molar-refractivity contribution is -0.384. The number of likely N-dealkylation sites (tertiary alicyclic amines) is 1. The molecule has 2 bridgehead atoms. The number of anilines is 1. The number of carbonyl (C=O) groups excluding carboxylic acids is 1. The summed E-state index contributed by atoms with van der Waals surface area (Å²) in [6, 6.07) is 2.91. The maximum Gasteiger partial charge on any atom is 0.294 e. The second-order valence-corrected chi connectivity index (χ2v) is 8.37. The van der Waals surface area contributed by atoms with Crippen LogP contribution in [0.25, 0.3) is 0 Å². The van der Waals surface area contributed by atoms with Crippen molar-refractivity contribution in [3.8, 4) is 0 Å². The molecule has 28 heavy (non-hydrogen) atoms. The Morgan fingerprint density at radius 3 is 2.71 bits per heavy atom. The van der Waals surface area contributed by atoms with Crippen molar-refractivity contribution in [3.63, 3.8) is 0 Å². The zero-order valence-corrected chi connectivity index (χ0v) is 17.1. The van der Waals surface area contributed by atoms with Gasteiger partial charge in [-0.2, -0.15) is 0 Å². The van der Waals surface area contributed by atoms with Gasteiger partial charge < -0.3 is 25.0 Å². The van der Waals surface area contributed by atoms with Gasteiger partial charge in [0.2, 0.25) is 0 Å². The smallest absolute Gasteiger partial charge is 0.294 e. The number of halogens is 1. The third-order valence-electron chi connectivity index (χ3n) is 5.63. The van der Waals surface area contributed by atoms with E-state index in [1.807, 2.05) is 0 Å². The van der Waals surface area contributed by atoms with Crippen molar-refractivity contribution >= 4 is 33.2 Å². The van der Waals surface area contributed by atoms with E-state index in [9.17, 15) is 14.9 Å². The van der Waals surface area contributed by atoms with E-state index in [4.69, 9.17) is 9.47 Å². The molecule has 0 aliphatic carbocycles. The fourth-order valence-corrected chi connectivity index (χ4v) is 4.69. The molecule has 1 aromatic rings. The molecule has 1 amide bonds. The van der Waals surface area contributed by atoms with Crippen molar-refractivity contribution in [1.82, 2.24) is 10.2 Å². The molecule has 3 aliphatic heterocycles. The number of morpholine rings is 1. The molecule has 10 heteroatoms. The average Bonchev–Trinajstić information content (AvgIpc) is 3.27. The first-order chi connectivity index (χ1) is 13.5. The van der Waals surface area contributed by atoms with Crippen LogP contribution in [-0.4, -0.2) is 73.4 Å². The van der Waals surface area contributed by atoms with Gasteiger partial charge in [0, 0.05) is 43.8 Å². The third kappa shape index (κ3) is 3.73. The zero-order valence-electron chi connectivity index (χ0n) is 15.5. The van der Waals surface area contributed by atoms with Crippen molar-refractivity contribution in [2.24, 2.45) is 0 Å². The summed E-state index contributed by atoms with van der Waals surface area (Å²) in [7, 11) is 1.61. The fourth-order valence-electron chi connectivity index (χ4n) is 4.24. The lowest BCUT2D eigenvalue weighted by atomic mass is 10.1. The molecule has 2 N–H and O–H groups in total. The van der Waals surface area contributed by atoms with Crippen molar-refractivity contribution in [1.29, 1.82) is 0 Å². The molecular formula is C18H23BrN4O5. The van der Waals surface area contributed by atoms with Crippen LogP contribution >= 0.6 is 15.9 Å². The van der Waals surface area contributed by atoms with E-state index >= 15 is 0 Å². The average molecular weight is 455 g/mol. The van der Waals surface area contributed by atoms with Crippen molar-refractivity contribution in [2.75, 3.05) is 38.6 Å². The summed E-state index contributed by atoms with van der Waals surface area (Å²) in [4.78, 5) is 26.3. The van der Waals surface area contributed by atoms with Crippen LogP contribution in [0.2, 0.25) is 0 Å². The van der Waals surface area contributed by atoms with Crippen LogP contribution in [0, 0.1) is 10.1 Å². The second-order valence-electron chi connectivity index (χ2n) is 7.46. The first-order valence-electron chi connectivity index (χ1n) is 9.39. The van der Waals surface area contributed by atoms with Crippen molar-refractivity contribution in [2.45, 2.75) is 37.2 Å². The van der Waals surface area contributed by atoms with Gasteiger partial charge in [-0.25, -0.2) is 0 Å². The summed E-state index contributed by atoms with van der Waals surface area (Å²) < 4.78 is 11.8. The molecule has 3 saturated heterocycles. The number of methoxy groups -OCH3 is 1. The van der Waals surface area contributed by atoms with Gasteiger partial charge in [-0.05, 0) is 18.9 Å². The van der Waals surface area contributed by atoms with Crippen LogP contribution in [-0.2, 0) is 9.47 Å². The van der Waals surface area contributed by atoms with Crippen LogP contribution in [0.5, 0.6) is 0 Å². The van der Waals surface area contributed by atoms with E-state index in [2.05, 4.69) is 26.6 Å². The minimum absolute atomic E-state index is 0.0538. The predicted molar refractivity (Wildman–Crippen MR) is 106 cm³/mol. The molecule has 0 radical (unpaired) electrons. The highest BCUT2D eigenvalue weighted by molar-refractivity contribution is 9.10. The number of nitro benzene ring substituents is 1. The number of nitrogens with zero attached hydrogens (tertiary/aromatic N) is 2. The Bertz CT molecular complexity index is 779. The van der Waals surface area contributed by atoms with Gasteiger partial charge in [0.05, 0.1) is 34.8 Å². The molecule has 2 unspecified atom stereocenters. The number of hydrogen-bond acceptors (Lipinski definition) is 7. The van der Waals surface area contributed by atoms with Crippen LogP contribution in [0.4, 0.5) is 11.4 Å². The van der Waals surface area contributed by atoms with Gasteiger partial charge >= 0.3 is 0 Å². The molecule has 1 aromatic carbocycles. The van der Waals surface area contributed by atoms with Crippen LogP contribution < -0.4 is 10.6 Å². The Hall–Kier alpha value is -1.75. The van der Waals surface area contributed by atoms with Gasteiger partial charge in [0.1, 0.15) is 5.69 Å². The van der Waals surface area contributed by atoms with Crippen LogP contribution in [0.15, 0.2) is 16.6 Å². The normalized spacial score (nSPS) is 29.1. The largest absolute Gasteiger partial charge is 0.378 e. The van der Waals surface area contributed by atoms with E-state index in [1.54, 1.807) is 18.1 Å². The van der Waals surface area contributed by atoms with E-state index in [0.29, 0.717) is 36.2 Å². The summed E-state index contributed by atoms with van der Waals surface area (Å²) in [5.41, 5.74) is 0.410. The third-order valence-corrected chi connectivity index (χ3v) is 6.09. The number of amides is 1. The number of benzene rings is 1. The van der Waals surface area contributed by atoms with Crippen LogP contribution in [0.1, 0.15) is 23.2 Å². The van der Waals surface area contributed by atoms with Gasteiger partial charge in [0.25, 0.3) is 11.6 Å². The topological polar surface area (TPSA) is 106 Å². The molecule has 3 heterocycles. The number of rotatable bonds is 5. The molecule has 3 aliphatic rings. The minimum Gasteiger partial charge on any atom is -0.378 e. The summed E-state index contributed by atoms with van der Waals surface area (Å²) in [5.74, 6) is -0.216. The van der Waals surface area contributed by atoms with Crippen molar-refractivity contribution in [3.05, 3.63) is 32.3 Å². The van der Waals surface area contributed by atoms with Crippen LogP contribution in [0.3, 0.4) is 0 Å². The first kappa shape index (κ1) is 19.6. The highest BCUT2D eigenvalue weighted by Crippen LogP contribution is 2.36. The molecule has 4 rings (SSSR count). The Morgan fingerprint density at radius 1 is 1.36 bits per heavy atom. The number of carbonyl (C=O) groups is 1. The highest BCUT2D eigenvalue weighted by atomic mass is 79.9. The molecule has 0 aromatic heterocycles. The Balaban J connectivity index is 1.69. The quantitative estimate of drug-likeness (QED) is 0.515. The maximum absolute atomic E-state index is 13.3. The van der Waals surface area contributed by atoms with Gasteiger partial charge in [0.15, 0.2) is 0 Å². The van der Waals surface area contributed by atoms with E-state index in [1.165, 1.54) is 6.07 Å². The lowest BCUT2D eigenvalue weighted by Crippen LogP contribution is -2.46. The highest BCUT2D eigenvalue weighted by Gasteiger charge is 2.38. The molecule has 9 nitrogen and oxygen atoms in total. The number of ether oxygens (including phenoxy) is 2. The first-order valence-corrected chi connectivity index (χ1v) is 10.2. The lowest BCUT2D eigenvalue weighted by Gasteiger charge is -2.33.